The highest BCUT2D eigenvalue weighted by Gasteiger charge is 2.29. The highest BCUT2D eigenvalue weighted by Crippen LogP contribution is 2.31. The second-order valence-electron chi connectivity index (χ2n) is 7.21. The first-order valence-electron chi connectivity index (χ1n) is 8.05. The minimum absolute atomic E-state index is 0. The molecule has 0 saturated carbocycles. The van der Waals surface area contributed by atoms with Gasteiger partial charge in [-0.2, -0.15) is 0 Å². The quantitative estimate of drug-likeness (QED) is 0.648. The molecule has 5 nitrogen and oxygen atoms in total. The Hall–Kier alpha value is -0.824. The Morgan fingerprint density at radius 3 is 2.60 bits per heavy atom. The van der Waals surface area contributed by atoms with E-state index in [4.69, 9.17) is 16.3 Å². The van der Waals surface area contributed by atoms with Gasteiger partial charge in [0.25, 0.3) is 0 Å². The summed E-state index contributed by atoms with van der Waals surface area (Å²) in [5, 5.41) is 10.5. The van der Waals surface area contributed by atoms with Gasteiger partial charge in [0.1, 0.15) is 11.2 Å². The van der Waals surface area contributed by atoms with Crippen LogP contribution < -0.4 is 0 Å². The average Bonchev–Trinajstić information content (AvgIpc) is 2.53. The van der Waals surface area contributed by atoms with Gasteiger partial charge in [-0.05, 0) is 45.8 Å². The summed E-state index contributed by atoms with van der Waals surface area (Å²) in [7, 11) is 0. The summed E-state index contributed by atoms with van der Waals surface area (Å²) in [4.78, 5) is 18.1. The molecule has 1 atom stereocenters. The van der Waals surface area contributed by atoms with Gasteiger partial charge in [0.2, 0.25) is 0 Å². The molecule has 25 heavy (non-hydrogen) atoms. The lowest BCUT2D eigenvalue weighted by Gasteiger charge is -2.31. The Kier molecular flexibility index (Phi) is 7.74. The minimum atomic E-state index is -1.19. The number of rotatable bonds is 3. The molecule has 136 valence electrons. The highest BCUT2D eigenvalue weighted by molar-refractivity contribution is 6.18. The summed E-state index contributed by atoms with van der Waals surface area (Å²) >= 11 is 5.89. The molecule has 0 saturated heterocycles. The van der Waals surface area contributed by atoms with Crippen LogP contribution in [0.25, 0.3) is 5.57 Å². The van der Waals surface area contributed by atoms with E-state index in [1.807, 2.05) is 39.0 Å². The number of hydrogen-bond acceptors (Lipinski definition) is 4. The maximum absolute atomic E-state index is 12.1. The van der Waals surface area contributed by atoms with Crippen LogP contribution in [0.4, 0.5) is 4.79 Å². The topological polar surface area (TPSA) is 62.7 Å². The van der Waals surface area contributed by atoms with Gasteiger partial charge in [-0.25, -0.2) is 4.79 Å². The Bertz CT molecular complexity index is 641. The van der Waals surface area contributed by atoms with Crippen LogP contribution in [0.3, 0.4) is 0 Å². The van der Waals surface area contributed by atoms with E-state index in [9.17, 15) is 9.90 Å². The first kappa shape index (κ1) is 22.2. The molecule has 1 aliphatic heterocycles. The molecular weight excluding hydrogens is 352 g/mol. The van der Waals surface area contributed by atoms with Crippen molar-refractivity contribution in [1.82, 2.24) is 9.88 Å². The predicted octanol–water partition coefficient (Wildman–Crippen LogP) is 2.64. The van der Waals surface area contributed by atoms with Gasteiger partial charge in [0.15, 0.2) is 0 Å². The van der Waals surface area contributed by atoms with Crippen molar-refractivity contribution in [2.24, 2.45) is 0 Å². The van der Waals surface area contributed by atoms with Crippen LogP contribution in [-0.4, -0.2) is 68.7 Å². The lowest BCUT2D eigenvalue weighted by atomic mass is 9.91. The second kappa shape index (κ2) is 8.71. The maximum atomic E-state index is 12.1. The first-order valence-corrected chi connectivity index (χ1v) is 8.59. The van der Waals surface area contributed by atoms with E-state index in [2.05, 4.69) is 4.98 Å². The van der Waals surface area contributed by atoms with Crippen LogP contribution in [0.15, 0.2) is 24.4 Å². The third-order valence-corrected chi connectivity index (χ3v) is 4.31. The SMILES string of the molecule is CC(C)(C)OC(=O)N1CC=C(c2cccnc2C(C)(O)CCl)CC1.[MgH2]. The molecule has 0 aromatic carbocycles. The lowest BCUT2D eigenvalue weighted by molar-refractivity contribution is 0.0270. The van der Waals surface area contributed by atoms with E-state index in [1.165, 1.54) is 0 Å². The number of hydrogen-bond donors (Lipinski definition) is 1. The van der Waals surface area contributed by atoms with E-state index < -0.39 is 11.2 Å². The van der Waals surface area contributed by atoms with E-state index in [-0.39, 0.29) is 35.0 Å². The summed E-state index contributed by atoms with van der Waals surface area (Å²) in [6.07, 6.45) is 4.00. The van der Waals surface area contributed by atoms with Crippen molar-refractivity contribution < 1.29 is 14.6 Å². The van der Waals surface area contributed by atoms with Crippen LogP contribution in [-0.2, 0) is 10.3 Å². The van der Waals surface area contributed by atoms with Gasteiger partial charge in [-0.3, -0.25) is 4.98 Å². The molecule has 1 aromatic rings. The number of ether oxygens (including phenoxy) is 1. The molecule has 1 amide bonds. The third-order valence-electron chi connectivity index (χ3n) is 3.78. The first-order chi connectivity index (χ1) is 11.1. The maximum Gasteiger partial charge on any atom is 0.410 e. The second-order valence-corrected chi connectivity index (χ2v) is 7.48. The fourth-order valence-electron chi connectivity index (χ4n) is 2.56. The molecule has 7 heteroatoms. The van der Waals surface area contributed by atoms with Gasteiger partial charge in [0.05, 0.1) is 11.6 Å². The van der Waals surface area contributed by atoms with Gasteiger partial charge in [0, 0.05) is 24.8 Å². The zero-order chi connectivity index (χ0) is 18.0. The van der Waals surface area contributed by atoms with E-state index in [0.29, 0.717) is 25.2 Å². The Morgan fingerprint density at radius 2 is 2.08 bits per heavy atom. The van der Waals surface area contributed by atoms with E-state index in [1.54, 1.807) is 18.0 Å². The van der Waals surface area contributed by atoms with Crippen LogP contribution in [0.5, 0.6) is 0 Å². The van der Waals surface area contributed by atoms with Crippen molar-refractivity contribution in [3.05, 3.63) is 35.7 Å². The molecule has 1 aliphatic rings. The van der Waals surface area contributed by atoms with Crippen molar-refractivity contribution in [2.45, 2.75) is 45.3 Å². The molecule has 1 unspecified atom stereocenters. The molecule has 2 rings (SSSR count). The number of pyridine rings is 1. The third kappa shape index (κ3) is 5.84. The van der Waals surface area contributed by atoms with Gasteiger partial charge >= 0.3 is 29.1 Å². The van der Waals surface area contributed by atoms with Crippen molar-refractivity contribution >= 4 is 46.3 Å². The summed E-state index contributed by atoms with van der Waals surface area (Å²) in [5.74, 6) is 0.0638. The minimum Gasteiger partial charge on any atom is -0.444 e. The largest absolute Gasteiger partial charge is 0.444 e. The summed E-state index contributed by atoms with van der Waals surface area (Å²) < 4.78 is 5.40. The lowest BCUT2D eigenvalue weighted by Crippen LogP contribution is -2.39. The van der Waals surface area contributed by atoms with Crippen LogP contribution in [0.1, 0.15) is 45.4 Å². The molecule has 0 fully saturated rings. The van der Waals surface area contributed by atoms with Gasteiger partial charge in [-0.1, -0.05) is 12.1 Å². The number of nitrogens with zero attached hydrogens (tertiary/aromatic N) is 2. The normalized spacial score (nSPS) is 17.2. The average molecular weight is 379 g/mol. The summed E-state index contributed by atoms with van der Waals surface area (Å²) in [6.45, 7) is 8.26. The van der Waals surface area contributed by atoms with Crippen LogP contribution in [0.2, 0.25) is 0 Å². The Balaban J connectivity index is 0.00000312. The van der Waals surface area contributed by atoms with Crippen LogP contribution >= 0.6 is 11.6 Å². The number of alkyl halides is 1. The van der Waals surface area contributed by atoms with Crippen molar-refractivity contribution in [2.75, 3.05) is 19.0 Å². The summed E-state index contributed by atoms with van der Waals surface area (Å²) in [5.41, 5.74) is 0.810. The monoisotopic (exact) mass is 378 g/mol. The number of amides is 1. The summed E-state index contributed by atoms with van der Waals surface area (Å²) in [6, 6.07) is 3.77. The number of carbonyl (C=O) groups is 1. The zero-order valence-corrected chi connectivity index (χ0v) is 15.4. The molecule has 2 heterocycles. The number of halogens is 1. The fourth-order valence-corrected chi connectivity index (χ4v) is 2.69. The van der Waals surface area contributed by atoms with Crippen LogP contribution in [0, 0.1) is 0 Å². The van der Waals surface area contributed by atoms with Crippen molar-refractivity contribution in [3.8, 4) is 0 Å². The number of aromatic nitrogens is 1. The molecule has 0 radical (unpaired) electrons. The smallest absolute Gasteiger partial charge is 0.410 e. The van der Waals surface area contributed by atoms with Crippen molar-refractivity contribution in [3.63, 3.8) is 0 Å². The predicted molar refractivity (Wildman–Crippen MR) is 103 cm³/mol. The fraction of sp³-hybridized carbons (Fsp3) is 0.556. The molecular formula is C18H27ClMgN2O3. The standard InChI is InChI=1S/C18H25ClN2O3.Mg.2H/c1-17(2,3)24-16(22)21-10-7-13(8-11-21)14-6-5-9-20-15(14)18(4,23)12-19;;;/h5-7,9,23H,8,10-12H2,1-4H3;;;. The van der Waals surface area contributed by atoms with E-state index in [0.717, 1.165) is 11.1 Å². The number of aliphatic hydroxyl groups is 1. The highest BCUT2D eigenvalue weighted by atomic mass is 35.5. The molecule has 0 aliphatic carbocycles. The van der Waals surface area contributed by atoms with E-state index >= 15 is 0 Å². The molecule has 1 aromatic heterocycles. The Labute approximate surface area is 170 Å². The van der Waals surface area contributed by atoms with Gasteiger partial charge < -0.3 is 14.7 Å². The molecule has 1 N–H and O–H groups in total. The van der Waals surface area contributed by atoms with Crippen molar-refractivity contribution in [1.29, 1.82) is 0 Å². The molecule has 0 spiro atoms. The molecule has 0 bridgehead atoms. The van der Waals surface area contributed by atoms with Gasteiger partial charge in [-0.15, -0.1) is 11.6 Å². The zero-order valence-electron chi connectivity index (χ0n) is 14.7. The number of carbonyl (C=O) groups excluding carboxylic acids is 1. The Morgan fingerprint density at radius 1 is 1.40 bits per heavy atom.